The number of aromatic nitrogens is 3. The quantitative estimate of drug-likeness (QED) is 0.575. The van der Waals surface area contributed by atoms with Gasteiger partial charge in [-0.05, 0) is 36.7 Å². The van der Waals surface area contributed by atoms with E-state index in [1.54, 1.807) is 21.0 Å². The highest BCUT2D eigenvalue weighted by Crippen LogP contribution is 2.38. The van der Waals surface area contributed by atoms with Gasteiger partial charge in [0.2, 0.25) is 0 Å². The highest BCUT2D eigenvalue weighted by atomic mass is 19.1. The first kappa shape index (κ1) is 17.0. The number of aryl methyl sites for hydroxylation is 1. The number of anilines is 1. The topological polar surface area (TPSA) is 90.6 Å². The van der Waals surface area contributed by atoms with Gasteiger partial charge in [-0.15, -0.1) is 5.10 Å². The van der Waals surface area contributed by atoms with Crippen LogP contribution < -0.4 is 10.5 Å². The minimum absolute atomic E-state index is 0.0117. The summed E-state index contributed by atoms with van der Waals surface area (Å²) in [5.41, 5.74) is 7.03. The van der Waals surface area contributed by atoms with E-state index in [9.17, 15) is 9.18 Å². The molecule has 2 N–H and O–H groups in total. The SMILES string of the molecule is [2H]c1nc(N)c2c([2H])c1-c1c(nn(C)c1[N+]#[C-])CN(C)C(=O)c1ccc(F)cc1[C@@H](C)O2. The minimum atomic E-state index is -0.858. The number of amides is 1. The van der Waals surface area contributed by atoms with Crippen molar-refractivity contribution in [3.63, 3.8) is 0 Å². The number of benzene rings is 1. The lowest BCUT2D eigenvalue weighted by atomic mass is 10.0. The summed E-state index contributed by atoms with van der Waals surface area (Å²) in [4.78, 5) is 22.1. The summed E-state index contributed by atoms with van der Waals surface area (Å²) in [6.45, 7) is 9.17. The maximum atomic E-state index is 14.0. The molecular formula is C21H19FN6O2. The van der Waals surface area contributed by atoms with Gasteiger partial charge in [0.25, 0.3) is 11.7 Å². The lowest BCUT2D eigenvalue weighted by molar-refractivity contribution is 0.0778. The van der Waals surface area contributed by atoms with Gasteiger partial charge in [0.05, 0.1) is 16.3 Å². The van der Waals surface area contributed by atoms with E-state index < -0.39 is 17.8 Å². The van der Waals surface area contributed by atoms with Gasteiger partial charge in [-0.2, -0.15) is 0 Å². The standard InChI is InChI=1S/C21H19FN6O2/c1-11-15-8-13(22)5-6-14(15)21(29)27(3)10-16-18(20(24-2)28(4)26-16)12-7-17(30-11)19(23)25-9-12/h5-9,11H,10H2,1,3-4H3,(H2,23,25)/t11-/m1/s1/i7D,9D. The summed E-state index contributed by atoms with van der Waals surface area (Å²) in [5, 5.41) is 4.36. The number of carbonyl (C=O) groups is 1. The molecular weight excluding hydrogens is 387 g/mol. The second kappa shape index (κ2) is 7.15. The second-order valence-corrected chi connectivity index (χ2v) is 6.97. The van der Waals surface area contributed by atoms with Crippen molar-refractivity contribution in [1.82, 2.24) is 19.7 Å². The summed E-state index contributed by atoms with van der Waals surface area (Å²) in [7, 11) is 3.12. The molecule has 30 heavy (non-hydrogen) atoms. The van der Waals surface area contributed by atoms with Gasteiger partial charge in [-0.25, -0.2) is 14.1 Å². The van der Waals surface area contributed by atoms with Crippen molar-refractivity contribution in [3.8, 4) is 16.9 Å². The van der Waals surface area contributed by atoms with E-state index >= 15 is 0 Å². The van der Waals surface area contributed by atoms with Gasteiger partial charge < -0.3 is 20.2 Å². The summed E-state index contributed by atoms with van der Waals surface area (Å²) >= 11 is 0. The van der Waals surface area contributed by atoms with E-state index in [0.717, 1.165) is 0 Å². The maximum absolute atomic E-state index is 14.0. The predicted molar refractivity (Wildman–Crippen MR) is 108 cm³/mol. The number of rotatable bonds is 0. The molecule has 3 heterocycles. The third-order valence-corrected chi connectivity index (χ3v) is 4.91. The first-order valence-electron chi connectivity index (χ1n) is 10.1. The molecule has 0 unspecified atom stereocenters. The summed E-state index contributed by atoms with van der Waals surface area (Å²) < 4.78 is 38.3. The molecule has 0 spiro atoms. The van der Waals surface area contributed by atoms with Crippen molar-refractivity contribution < 1.29 is 16.7 Å². The fraction of sp³-hybridized carbons (Fsp3) is 0.238. The van der Waals surface area contributed by atoms with Crippen LogP contribution >= 0.6 is 0 Å². The molecule has 2 bridgehead atoms. The molecule has 2 aromatic heterocycles. The molecule has 1 atom stereocenters. The number of halogens is 1. The Morgan fingerprint density at radius 2 is 2.20 bits per heavy atom. The van der Waals surface area contributed by atoms with E-state index in [-0.39, 0.29) is 58.4 Å². The fourth-order valence-electron chi connectivity index (χ4n) is 3.45. The highest BCUT2D eigenvalue weighted by molar-refractivity contribution is 5.96. The number of carbonyl (C=O) groups excluding carboxylic acids is 1. The zero-order valence-corrected chi connectivity index (χ0v) is 16.5. The zero-order chi connectivity index (χ0) is 23.3. The number of nitrogens with zero attached hydrogens (tertiary/aromatic N) is 5. The monoisotopic (exact) mass is 408 g/mol. The van der Waals surface area contributed by atoms with Crippen LogP contribution in [-0.4, -0.2) is 32.6 Å². The number of hydrogen-bond acceptors (Lipinski definition) is 5. The summed E-state index contributed by atoms with van der Waals surface area (Å²) in [6.07, 6.45) is -1.17. The summed E-state index contributed by atoms with van der Waals surface area (Å²) in [5.74, 6) is -1.17. The normalized spacial score (nSPS) is 16.8. The molecule has 1 aliphatic heterocycles. The van der Waals surface area contributed by atoms with Crippen LogP contribution in [0.3, 0.4) is 0 Å². The first-order valence-corrected chi connectivity index (χ1v) is 9.06. The average molecular weight is 408 g/mol. The molecule has 0 radical (unpaired) electrons. The lowest BCUT2D eigenvalue weighted by Gasteiger charge is -2.23. The van der Waals surface area contributed by atoms with E-state index in [4.69, 9.17) is 19.8 Å². The minimum Gasteiger partial charge on any atom is -0.482 e. The van der Waals surface area contributed by atoms with Crippen LogP contribution in [0.5, 0.6) is 5.75 Å². The Kier molecular flexibility index (Phi) is 4.05. The molecule has 152 valence electrons. The van der Waals surface area contributed by atoms with E-state index in [0.29, 0.717) is 5.69 Å². The zero-order valence-electron chi connectivity index (χ0n) is 18.5. The lowest BCUT2D eigenvalue weighted by Crippen LogP contribution is -2.28. The second-order valence-electron chi connectivity index (χ2n) is 6.97. The number of pyridine rings is 1. The van der Waals surface area contributed by atoms with Crippen LogP contribution in [-0.2, 0) is 13.6 Å². The van der Waals surface area contributed by atoms with Crippen LogP contribution in [0, 0.1) is 12.4 Å². The Bertz CT molecular complexity index is 1320. The van der Waals surface area contributed by atoms with Crippen molar-refractivity contribution in [2.75, 3.05) is 12.8 Å². The fourth-order valence-corrected chi connectivity index (χ4v) is 3.45. The average Bonchev–Trinajstić information content (AvgIpc) is 3.04. The molecule has 1 amide bonds. The Morgan fingerprint density at radius 1 is 1.43 bits per heavy atom. The number of nitrogens with two attached hydrogens (primary N) is 1. The Balaban J connectivity index is 2.07. The molecule has 0 aliphatic carbocycles. The third kappa shape index (κ3) is 3.12. The molecule has 3 aromatic rings. The molecule has 1 aliphatic rings. The number of fused-ring (bicyclic) bond motifs is 5. The van der Waals surface area contributed by atoms with Crippen molar-refractivity contribution in [2.45, 2.75) is 19.6 Å². The molecule has 9 heteroatoms. The third-order valence-electron chi connectivity index (χ3n) is 4.91. The van der Waals surface area contributed by atoms with Crippen LogP contribution in [0.15, 0.2) is 30.4 Å². The molecule has 1 aromatic carbocycles. The van der Waals surface area contributed by atoms with Crippen LogP contribution in [0.1, 0.15) is 37.4 Å². The number of ether oxygens (including phenoxy) is 1. The van der Waals surface area contributed by atoms with E-state index in [1.165, 1.54) is 27.8 Å². The maximum Gasteiger partial charge on any atom is 0.260 e. The largest absolute Gasteiger partial charge is 0.482 e. The molecule has 0 saturated carbocycles. The van der Waals surface area contributed by atoms with Gasteiger partial charge in [-0.3, -0.25) is 4.79 Å². The van der Waals surface area contributed by atoms with E-state index in [1.807, 2.05) is 0 Å². The van der Waals surface area contributed by atoms with Crippen LogP contribution in [0.25, 0.3) is 16.0 Å². The molecule has 0 fully saturated rings. The number of hydrogen-bond donors (Lipinski definition) is 1. The van der Waals surface area contributed by atoms with Crippen LogP contribution in [0.2, 0.25) is 0 Å². The smallest absolute Gasteiger partial charge is 0.260 e. The molecule has 0 saturated heterocycles. The van der Waals surface area contributed by atoms with Gasteiger partial charge in [-0.1, -0.05) is 6.57 Å². The van der Waals surface area contributed by atoms with Crippen molar-refractivity contribution >= 4 is 17.5 Å². The van der Waals surface area contributed by atoms with Crippen molar-refractivity contribution in [3.05, 3.63) is 64.5 Å². The van der Waals surface area contributed by atoms with Crippen LogP contribution in [0.4, 0.5) is 16.0 Å². The van der Waals surface area contributed by atoms with Crippen molar-refractivity contribution in [1.29, 1.82) is 0 Å². The Morgan fingerprint density at radius 3 is 2.93 bits per heavy atom. The molecule has 4 rings (SSSR count). The Labute approximate surface area is 175 Å². The predicted octanol–water partition coefficient (Wildman–Crippen LogP) is 3.48. The van der Waals surface area contributed by atoms with Gasteiger partial charge in [0.1, 0.15) is 17.6 Å². The van der Waals surface area contributed by atoms with Gasteiger partial charge >= 0.3 is 0 Å². The van der Waals surface area contributed by atoms with Crippen molar-refractivity contribution in [2.24, 2.45) is 7.05 Å². The van der Waals surface area contributed by atoms with E-state index in [2.05, 4.69) is 14.9 Å². The first-order chi connectivity index (χ1) is 15.1. The van der Waals surface area contributed by atoms with Gasteiger partial charge in [0.15, 0.2) is 11.6 Å². The number of nitrogen functional groups attached to an aromatic ring is 1. The molecule has 8 nitrogen and oxygen atoms in total. The van der Waals surface area contributed by atoms with Gasteiger partial charge in [0, 0.05) is 29.9 Å². The Hall–Kier alpha value is -3.93. The summed E-state index contributed by atoms with van der Waals surface area (Å²) in [6, 6.07) is 3.53. The highest BCUT2D eigenvalue weighted by Gasteiger charge is 2.27.